The van der Waals surface area contributed by atoms with Crippen molar-refractivity contribution in [3.05, 3.63) is 53.1 Å². The van der Waals surface area contributed by atoms with Crippen molar-refractivity contribution in [1.82, 2.24) is 10.7 Å². The first-order chi connectivity index (χ1) is 14.1. The molecule has 4 rings (SSSR count). The maximum absolute atomic E-state index is 12.3. The van der Waals surface area contributed by atoms with Gasteiger partial charge >= 0.3 is 0 Å². The van der Waals surface area contributed by atoms with E-state index in [1.54, 1.807) is 30.3 Å². The molecule has 0 radical (unpaired) electrons. The summed E-state index contributed by atoms with van der Waals surface area (Å²) in [4.78, 5) is 28.5. The largest absolute Gasteiger partial charge is 0.454 e. The smallest absolute Gasteiger partial charge is 0.252 e. The highest BCUT2D eigenvalue weighted by molar-refractivity contribution is 6.33. The van der Waals surface area contributed by atoms with Crippen molar-refractivity contribution in [1.29, 1.82) is 0 Å². The van der Waals surface area contributed by atoms with Gasteiger partial charge in [-0.3, -0.25) is 14.9 Å². The number of hydrazone groups is 1. The SMILES string of the molecule is O=C(CC1N=C(NN=Cc2ccccc2Cl)NC1=O)Nc1ccc2c(c1)OCO2. The molecule has 2 aromatic rings. The minimum Gasteiger partial charge on any atom is -0.454 e. The van der Waals surface area contributed by atoms with E-state index in [-0.39, 0.29) is 31.0 Å². The molecule has 1 unspecified atom stereocenters. The second kappa shape index (κ2) is 8.19. The van der Waals surface area contributed by atoms with Crippen LogP contribution < -0.4 is 25.5 Å². The van der Waals surface area contributed by atoms with E-state index < -0.39 is 6.04 Å². The van der Waals surface area contributed by atoms with E-state index in [1.807, 2.05) is 12.1 Å². The Morgan fingerprint density at radius 2 is 2.10 bits per heavy atom. The molecule has 148 valence electrons. The molecule has 29 heavy (non-hydrogen) atoms. The molecule has 0 bridgehead atoms. The zero-order chi connectivity index (χ0) is 20.2. The van der Waals surface area contributed by atoms with Crippen LogP contribution in [0.25, 0.3) is 0 Å². The predicted octanol–water partition coefficient (Wildman–Crippen LogP) is 1.88. The van der Waals surface area contributed by atoms with E-state index in [1.165, 1.54) is 6.21 Å². The number of carbonyl (C=O) groups excluding carboxylic acids is 2. The van der Waals surface area contributed by atoms with E-state index in [2.05, 4.69) is 26.2 Å². The Bertz CT molecular complexity index is 1020. The van der Waals surface area contributed by atoms with Gasteiger partial charge in [-0.2, -0.15) is 5.10 Å². The van der Waals surface area contributed by atoms with Crippen LogP contribution in [0.5, 0.6) is 11.5 Å². The van der Waals surface area contributed by atoms with Gasteiger partial charge in [-0.15, -0.1) is 0 Å². The van der Waals surface area contributed by atoms with Crippen molar-refractivity contribution < 1.29 is 19.1 Å². The first-order valence-electron chi connectivity index (χ1n) is 8.70. The minimum atomic E-state index is -0.845. The summed E-state index contributed by atoms with van der Waals surface area (Å²) in [5.41, 5.74) is 3.90. The first-order valence-corrected chi connectivity index (χ1v) is 9.08. The summed E-state index contributed by atoms with van der Waals surface area (Å²) in [7, 11) is 0. The van der Waals surface area contributed by atoms with E-state index in [0.717, 1.165) is 0 Å². The summed E-state index contributed by atoms with van der Waals surface area (Å²) in [6, 6.07) is 11.4. The molecule has 0 saturated carbocycles. The van der Waals surface area contributed by atoms with Gasteiger partial charge in [-0.05, 0) is 18.2 Å². The minimum absolute atomic E-state index is 0.111. The lowest BCUT2D eigenvalue weighted by atomic mass is 10.2. The van der Waals surface area contributed by atoms with Gasteiger partial charge in [0.05, 0.1) is 12.6 Å². The fourth-order valence-corrected chi connectivity index (χ4v) is 2.93. The fraction of sp³-hybridized carbons (Fsp3) is 0.158. The molecule has 0 saturated heterocycles. The molecule has 0 aromatic heterocycles. The third-order valence-electron chi connectivity index (χ3n) is 4.14. The highest BCUT2D eigenvalue weighted by atomic mass is 35.5. The molecule has 1 atom stereocenters. The molecule has 2 aliphatic rings. The lowest BCUT2D eigenvalue weighted by Gasteiger charge is -2.07. The Morgan fingerprint density at radius 3 is 2.97 bits per heavy atom. The Hall–Kier alpha value is -3.59. The lowest BCUT2D eigenvalue weighted by molar-refractivity contribution is -0.123. The van der Waals surface area contributed by atoms with Gasteiger partial charge in [0, 0.05) is 22.3 Å². The van der Waals surface area contributed by atoms with E-state index in [0.29, 0.717) is 27.8 Å². The molecule has 3 N–H and O–H groups in total. The average molecular weight is 414 g/mol. The first kappa shape index (κ1) is 18.8. The number of aliphatic imine (C=N–C) groups is 1. The number of rotatable bonds is 5. The molecule has 0 fully saturated rings. The number of ether oxygens (including phenoxy) is 2. The van der Waals surface area contributed by atoms with Crippen LogP contribution in [0.1, 0.15) is 12.0 Å². The molecule has 2 aliphatic heterocycles. The molecule has 9 nitrogen and oxygen atoms in total. The van der Waals surface area contributed by atoms with Crippen molar-refractivity contribution in [3.8, 4) is 11.5 Å². The summed E-state index contributed by atoms with van der Waals surface area (Å²) in [6.07, 6.45) is 1.40. The highest BCUT2D eigenvalue weighted by Crippen LogP contribution is 2.34. The van der Waals surface area contributed by atoms with Crippen LogP contribution in [-0.2, 0) is 9.59 Å². The Kier molecular flexibility index (Phi) is 5.30. The number of hydrogen-bond donors (Lipinski definition) is 3. The number of halogens is 1. The maximum atomic E-state index is 12.3. The number of nitrogens with one attached hydrogen (secondary N) is 3. The van der Waals surface area contributed by atoms with Gasteiger partial charge in [0.15, 0.2) is 11.5 Å². The molecule has 0 spiro atoms. The second-order valence-electron chi connectivity index (χ2n) is 6.19. The van der Waals surface area contributed by atoms with Crippen molar-refractivity contribution in [2.24, 2.45) is 10.1 Å². The van der Waals surface area contributed by atoms with Crippen LogP contribution >= 0.6 is 11.6 Å². The second-order valence-corrected chi connectivity index (χ2v) is 6.60. The van der Waals surface area contributed by atoms with Gasteiger partial charge in [-0.1, -0.05) is 29.8 Å². The average Bonchev–Trinajstić information content (AvgIpc) is 3.29. The number of carbonyl (C=O) groups is 2. The van der Waals surface area contributed by atoms with Gasteiger partial charge in [-0.25, -0.2) is 10.4 Å². The molecular weight excluding hydrogens is 398 g/mol. The third kappa shape index (κ3) is 4.46. The number of hydrogen-bond acceptors (Lipinski definition) is 7. The van der Waals surface area contributed by atoms with Crippen LogP contribution in [0, 0.1) is 0 Å². The van der Waals surface area contributed by atoms with Gasteiger partial charge in [0.1, 0.15) is 6.04 Å². The quantitative estimate of drug-likeness (QED) is 0.511. The number of fused-ring (bicyclic) bond motifs is 1. The molecule has 10 heteroatoms. The van der Waals surface area contributed by atoms with Crippen LogP contribution in [0.4, 0.5) is 5.69 Å². The monoisotopic (exact) mass is 413 g/mol. The summed E-state index contributed by atoms with van der Waals surface area (Å²) in [5.74, 6) is 0.604. The normalized spacial score (nSPS) is 17.2. The number of anilines is 1. The van der Waals surface area contributed by atoms with Crippen LogP contribution in [-0.4, -0.2) is 36.8 Å². The molecule has 0 aliphatic carbocycles. The third-order valence-corrected chi connectivity index (χ3v) is 4.49. The number of nitrogens with zero attached hydrogens (tertiary/aromatic N) is 2. The summed E-state index contributed by atoms with van der Waals surface area (Å²) in [6.45, 7) is 0.151. The molecular formula is C19H16ClN5O4. The van der Waals surface area contributed by atoms with Gasteiger partial charge < -0.3 is 14.8 Å². The Labute approximate surface area is 170 Å². The fourth-order valence-electron chi connectivity index (χ4n) is 2.75. The number of guanidine groups is 1. The molecule has 2 heterocycles. The van der Waals surface area contributed by atoms with Crippen molar-refractivity contribution in [2.45, 2.75) is 12.5 Å². The molecule has 2 aromatic carbocycles. The van der Waals surface area contributed by atoms with Crippen molar-refractivity contribution >= 4 is 41.3 Å². The van der Waals surface area contributed by atoms with Crippen molar-refractivity contribution in [2.75, 3.05) is 12.1 Å². The van der Waals surface area contributed by atoms with Gasteiger partial charge in [0.2, 0.25) is 18.7 Å². The van der Waals surface area contributed by atoms with E-state index in [4.69, 9.17) is 21.1 Å². The predicted molar refractivity (Wildman–Crippen MR) is 107 cm³/mol. The lowest BCUT2D eigenvalue weighted by Crippen LogP contribution is -2.35. The number of amides is 2. The maximum Gasteiger partial charge on any atom is 0.252 e. The molecule has 2 amide bonds. The van der Waals surface area contributed by atoms with Crippen LogP contribution in [0.3, 0.4) is 0 Å². The van der Waals surface area contributed by atoms with E-state index in [9.17, 15) is 9.59 Å². The Morgan fingerprint density at radius 1 is 1.28 bits per heavy atom. The van der Waals surface area contributed by atoms with E-state index >= 15 is 0 Å². The topological polar surface area (TPSA) is 113 Å². The zero-order valence-corrected chi connectivity index (χ0v) is 15.8. The Balaban J connectivity index is 1.32. The van der Waals surface area contributed by atoms with Crippen molar-refractivity contribution in [3.63, 3.8) is 0 Å². The van der Waals surface area contributed by atoms with Gasteiger partial charge in [0.25, 0.3) is 5.91 Å². The summed E-state index contributed by atoms with van der Waals surface area (Å²) < 4.78 is 10.5. The van der Waals surface area contributed by atoms with Crippen LogP contribution in [0.2, 0.25) is 5.02 Å². The summed E-state index contributed by atoms with van der Waals surface area (Å²) >= 11 is 6.04. The highest BCUT2D eigenvalue weighted by Gasteiger charge is 2.28. The summed E-state index contributed by atoms with van der Waals surface area (Å²) in [5, 5.41) is 9.81. The zero-order valence-electron chi connectivity index (χ0n) is 15.0. The number of benzene rings is 2. The van der Waals surface area contributed by atoms with Crippen LogP contribution in [0.15, 0.2) is 52.6 Å². The standard InChI is InChI=1S/C19H16ClN5O4/c20-13-4-2-1-3-11(13)9-21-25-19-23-14(18(27)24-19)8-17(26)22-12-5-6-15-16(7-12)29-10-28-15/h1-7,9,14H,8,10H2,(H,22,26)(H2,23,24,25,27).